The van der Waals surface area contributed by atoms with Gasteiger partial charge in [0.1, 0.15) is 5.60 Å². The number of ether oxygens (including phenoxy) is 2. The number of alkyl halides is 3. The minimum absolute atomic E-state index is 0.0213. The first-order chi connectivity index (χ1) is 14.3. The first kappa shape index (κ1) is 24.6. The molecule has 3 fully saturated rings. The second-order valence-electron chi connectivity index (χ2n) is 9.82. The van der Waals surface area contributed by atoms with Gasteiger partial charge in [0.15, 0.2) is 0 Å². The van der Waals surface area contributed by atoms with Crippen LogP contribution in [-0.2, 0) is 19.5 Å². The molecule has 1 N–H and O–H groups in total. The Hall–Kier alpha value is -1.07. The molecule has 1 amide bonds. The van der Waals surface area contributed by atoms with Crippen molar-refractivity contribution in [3.63, 3.8) is 0 Å². The number of nitrogens with zero attached hydrogens (tertiary/aromatic N) is 1. The predicted molar refractivity (Wildman–Crippen MR) is 108 cm³/mol. The molecule has 0 radical (unpaired) electrons. The highest BCUT2D eigenvalue weighted by Gasteiger charge is 2.49. The quantitative estimate of drug-likeness (QED) is 0.682. The van der Waals surface area contributed by atoms with Crippen LogP contribution in [0.15, 0.2) is 0 Å². The molecule has 0 aromatic heterocycles. The Morgan fingerprint density at radius 3 is 2.45 bits per heavy atom. The zero-order chi connectivity index (χ0) is 23.0. The monoisotopic (exact) mass is 470 g/mol. The van der Waals surface area contributed by atoms with Crippen LogP contribution in [-0.4, -0.2) is 67.2 Å². The number of alkyl carbamates (subject to hydrolysis) is 1. The van der Waals surface area contributed by atoms with Gasteiger partial charge in [-0.15, -0.1) is 0 Å². The van der Waals surface area contributed by atoms with Crippen molar-refractivity contribution in [1.29, 1.82) is 0 Å². The number of carbonyl (C=O) groups excluding carboxylic acids is 1. The molecule has 2 aliphatic carbocycles. The molecule has 31 heavy (non-hydrogen) atoms. The maximum Gasteiger partial charge on any atom is 0.407 e. The van der Waals surface area contributed by atoms with E-state index in [1.807, 2.05) is 0 Å². The largest absolute Gasteiger partial charge is 0.444 e. The molecule has 0 bridgehead atoms. The van der Waals surface area contributed by atoms with Gasteiger partial charge < -0.3 is 14.8 Å². The first-order valence-electron chi connectivity index (χ1n) is 11.0. The van der Waals surface area contributed by atoms with Crippen molar-refractivity contribution in [2.24, 2.45) is 5.92 Å². The van der Waals surface area contributed by atoms with E-state index in [2.05, 4.69) is 5.32 Å². The molecule has 1 aliphatic heterocycles. The fraction of sp³-hybridized carbons (Fsp3) is 0.950. The molecule has 3 rings (SSSR count). The van der Waals surface area contributed by atoms with Gasteiger partial charge in [0.05, 0.1) is 29.9 Å². The van der Waals surface area contributed by atoms with Gasteiger partial charge in [-0.3, -0.25) is 0 Å². The highest BCUT2D eigenvalue weighted by molar-refractivity contribution is 7.89. The van der Waals surface area contributed by atoms with Crippen LogP contribution in [0.25, 0.3) is 0 Å². The van der Waals surface area contributed by atoms with Crippen LogP contribution in [0.2, 0.25) is 0 Å². The van der Waals surface area contributed by atoms with E-state index < -0.39 is 45.1 Å². The lowest BCUT2D eigenvalue weighted by molar-refractivity contribution is -0.181. The second-order valence-corrected chi connectivity index (χ2v) is 12.0. The number of fused-ring (bicyclic) bond motifs is 1. The standard InChI is InChI=1S/C20H33F3N2O5S/c1-19(2,3)30-18(26)24-14-7-8-17-16(12-14)25(9-10-29-17)31(27,28)15-6-4-5-13(11-15)20(21,22)23/h13-17H,4-12H2,1-3H3,(H,24,26). The van der Waals surface area contributed by atoms with E-state index >= 15 is 0 Å². The number of nitrogens with one attached hydrogen (secondary N) is 1. The van der Waals surface area contributed by atoms with Crippen molar-refractivity contribution in [3.8, 4) is 0 Å². The van der Waals surface area contributed by atoms with E-state index in [1.165, 1.54) is 4.31 Å². The normalized spacial score (nSPS) is 33.4. The molecule has 0 aromatic carbocycles. The van der Waals surface area contributed by atoms with Gasteiger partial charge >= 0.3 is 12.3 Å². The minimum atomic E-state index is -4.38. The summed E-state index contributed by atoms with van der Waals surface area (Å²) in [7, 11) is -3.92. The number of rotatable bonds is 3. The van der Waals surface area contributed by atoms with Crippen LogP contribution in [0.5, 0.6) is 0 Å². The SMILES string of the molecule is CC(C)(C)OC(=O)NC1CCC2OCCN(S(=O)(=O)C3CCCC(C(F)(F)F)C3)C2C1. The third kappa shape index (κ3) is 6.04. The van der Waals surface area contributed by atoms with Crippen molar-refractivity contribution >= 4 is 16.1 Å². The molecule has 11 heteroatoms. The second kappa shape index (κ2) is 9.05. The molecular formula is C20H33F3N2O5S. The van der Waals surface area contributed by atoms with Gasteiger partial charge in [-0.1, -0.05) is 6.42 Å². The number of halogens is 3. The smallest absolute Gasteiger partial charge is 0.407 e. The summed E-state index contributed by atoms with van der Waals surface area (Å²) in [5.74, 6) is -1.58. The summed E-state index contributed by atoms with van der Waals surface area (Å²) in [6, 6.07) is -0.788. The highest BCUT2D eigenvalue weighted by atomic mass is 32.2. The lowest BCUT2D eigenvalue weighted by Crippen LogP contribution is -2.60. The van der Waals surface area contributed by atoms with Gasteiger partial charge in [0.2, 0.25) is 10.0 Å². The summed E-state index contributed by atoms with van der Waals surface area (Å²) in [5, 5.41) is 1.76. The topological polar surface area (TPSA) is 84.9 Å². The van der Waals surface area contributed by atoms with Crippen molar-refractivity contribution < 1.29 is 35.9 Å². The average molecular weight is 471 g/mol. The molecule has 1 heterocycles. The summed E-state index contributed by atoms with van der Waals surface area (Å²) >= 11 is 0. The third-order valence-corrected chi connectivity index (χ3v) is 8.70. The molecule has 5 unspecified atom stereocenters. The summed E-state index contributed by atoms with van der Waals surface area (Å²) < 4.78 is 78.8. The maximum absolute atomic E-state index is 13.4. The van der Waals surface area contributed by atoms with Crippen LogP contribution in [0, 0.1) is 5.92 Å². The third-order valence-electron chi connectivity index (χ3n) is 6.33. The van der Waals surface area contributed by atoms with Crippen LogP contribution < -0.4 is 5.32 Å². The highest BCUT2D eigenvalue weighted by Crippen LogP contribution is 2.41. The fourth-order valence-electron chi connectivity index (χ4n) is 4.90. The number of amides is 1. The Kier molecular flexibility index (Phi) is 7.17. The lowest BCUT2D eigenvalue weighted by Gasteiger charge is -2.46. The Bertz CT molecular complexity index is 753. The van der Waals surface area contributed by atoms with Crippen molar-refractivity contribution in [3.05, 3.63) is 0 Å². The predicted octanol–water partition coefficient (Wildman–Crippen LogP) is 3.58. The number of hydrogen-bond donors (Lipinski definition) is 1. The zero-order valence-corrected chi connectivity index (χ0v) is 19.1. The molecule has 2 saturated carbocycles. The summed E-state index contributed by atoms with van der Waals surface area (Å²) in [5.41, 5.74) is -0.652. The molecule has 7 nitrogen and oxygen atoms in total. The number of sulfonamides is 1. The van der Waals surface area contributed by atoms with Crippen molar-refractivity contribution in [2.75, 3.05) is 13.2 Å². The lowest BCUT2D eigenvalue weighted by atomic mass is 9.87. The zero-order valence-electron chi connectivity index (χ0n) is 18.3. The number of hydrogen-bond acceptors (Lipinski definition) is 5. The summed E-state index contributed by atoms with van der Waals surface area (Å²) in [6.07, 6.45) is -3.66. The van der Waals surface area contributed by atoms with Crippen LogP contribution in [0.1, 0.15) is 65.7 Å². The van der Waals surface area contributed by atoms with E-state index in [0.717, 1.165) is 0 Å². The molecule has 1 saturated heterocycles. The first-order valence-corrected chi connectivity index (χ1v) is 12.5. The number of morpholine rings is 1. The molecule has 3 aliphatic rings. The van der Waals surface area contributed by atoms with Crippen molar-refractivity contribution in [2.45, 2.75) is 101 Å². The van der Waals surface area contributed by atoms with E-state index in [0.29, 0.717) is 19.3 Å². The molecule has 5 atom stereocenters. The summed E-state index contributed by atoms with van der Waals surface area (Å²) in [6.45, 7) is 5.61. The molecule has 0 aromatic rings. The van der Waals surface area contributed by atoms with Crippen LogP contribution >= 0.6 is 0 Å². The van der Waals surface area contributed by atoms with Gasteiger partial charge in [0.25, 0.3) is 0 Å². The van der Waals surface area contributed by atoms with E-state index in [9.17, 15) is 26.4 Å². The fourth-order valence-corrected chi connectivity index (χ4v) is 7.15. The van der Waals surface area contributed by atoms with E-state index in [-0.39, 0.29) is 51.0 Å². The van der Waals surface area contributed by atoms with Crippen LogP contribution in [0.3, 0.4) is 0 Å². The molecule has 180 valence electrons. The Balaban J connectivity index is 1.71. The van der Waals surface area contributed by atoms with E-state index in [1.54, 1.807) is 20.8 Å². The molecular weight excluding hydrogens is 437 g/mol. The molecule has 0 spiro atoms. The average Bonchev–Trinajstić information content (AvgIpc) is 2.65. The van der Waals surface area contributed by atoms with E-state index in [4.69, 9.17) is 9.47 Å². The number of carbonyl (C=O) groups is 1. The van der Waals surface area contributed by atoms with Crippen molar-refractivity contribution in [1.82, 2.24) is 9.62 Å². The minimum Gasteiger partial charge on any atom is -0.444 e. The maximum atomic E-state index is 13.4. The van der Waals surface area contributed by atoms with Gasteiger partial charge in [-0.25, -0.2) is 13.2 Å². The van der Waals surface area contributed by atoms with Gasteiger partial charge in [-0.05, 0) is 59.3 Å². The van der Waals surface area contributed by atoms with Crippen LogP contribution in [0.4, 0.5) is 18.0 Å². The Labute approximate surface area is 182 Å². The summed E-state index contributed by atoms with van der Waals surface area (Å²) in [4.78, 5) is 12.1. The Morgan fingerprint density at radius 1 is 1.10 bits per heavy atom. The Morgan fingerprint density at radius 2 is 1.81 bits per heavy atom. The van der Waals surface area contributed by atoms with Gasteiger partial charge in [0, 0.05) is 12.6 Å². The van der Waals surface area contributed by atoms with Gasteiger partial charge in [-0.2, -0.15) is 17.5 Å².